The fourth-order valence-electron chi connectivity index (χ4n) is 4.64. The molecule has 3 aromatic rings. The van der Waals surface area contributed by atoms with Gasteiger partial charge in [-0.05, 0) is 58.7 Å². The fraction of sp³-hybridized carbons (Fsp3) is 0.423. The zero-order valence-electron chi connectivity index (χ0n) is 21.1. The molecule has 0 aliphatic carbocycles. The lowest BCUT2D eigenvalue weighted by Crippen LogP contribution is -2.39. The molecule has 0 saturated carbocycles. The molecule has 192 valence electrons. The standard InChI is InChI=1S/C26H32N4O5S/c1-5-34-23-9-7-6-8-21(23)16-27-26(31)22-11-10-17(2)28-24(22)20-12-14-30(15-13-20)36(32,33)25-18(3)29-35-19(25)4/h6-11,20H,5,12-16H2,1-4H3,(H,27,31). The van der Waals surface area contributed by atoms with Crippen molar-refractivity contribution in [2.75, 3.05) is 19.7 Å². The Morgan fingerprint density at radius 3 is 2.53 bits per heavy atom. The van der Waals surface area contributed by atoms with Gasteiger partial charge in [-0.25, -0.2) is 8.42 Å². The summed E-state index contributed by atoms with van der Waals surface area (Å²) in [5, 5.41) is 6.79. The van der Waals surface area contributed by atoms with E-state index in [-0.39, 0.29) is 16.7 Å². The maximum Gasteiger partial charge on any atom is 0.253 e. The molecule has 0 spiro atoms. The Kier molecular flexibility index (Phi) is 7.75. The zero-order valence-corrected chi connectivity index (χ0v) is 21.9. The van der Waals surface area contributed by atoms with E-state index in [1.54, 1.807) is 19.9 Å². The molecule has 0 radical (unpaired) electrons. The largest absolute Gasteiger partial charge is 0.494 e. The van der Waals surface area contributed by atoms with Gasteiger partial charge in [0.05, 0.1) is 17.9 Å². The number of pyridine rings is 1. The number of hydrogen-bond donors (Lipinski definition) is 1. The van der Waals surface area contributed by atoms with E-state index in [2.05, 4.69) is 10.5 Å². The molecule has 1 fully saturated rings. The van der Waals surface area contributed by atoms with Gasteiger partial charge in [0.25, 0.3) is 5.91 Å². The highest BCUT2D eigenvalue weighted by molar-refractivity contribution is 7.89. The summed E-state index contributed by atoms with van der Waals surface area (Å²) in [4.78, 5) is 18.0. The number of nitrogens with one attached hydrogen (secondary N) is 1. The van der Waals surface area contributed by atoms with Crippen LogP contribution < -0.4 is 10.1 Å². The Balaban J connectivity index is 1.49. The minimum Gasteiger partial charge on any atom is -0.494 e. The number of para-hydroxylation sites is 1. The molecule has 10 heteroatoms. The summed E-state index contributed by atoms with van der Waals surface area (Å²) < 4.78 is 38.6. The number of sulfonamides is 1. The summed E-state index contributed by atoms with van der Waals surface area (Å²) in [6.45, 7) is 8.58. The van der Waals surface area contributed by atoms with E-state index < -0.39 is 10.0 Å². The molecule has 1 saturated heterocycles. The van der Waals surface area contributed by atoms with Gasteiger partial charge in [0.2, 0.25) is 10.0 Å². The lowest BCUT2D eigenvalue weighted by Gasteiger charge is -2.31. The first kappa shape index (κ1) is 25.8. The van der Waals surface area contributed by atoms with Crippen molar-refractivity contribution in [1.82, 2.24) is 19.8 Å². The minimum absolute atomic E-state index is 0.0301. The molecule has 2 aromatic heterocycles. The Hall–Kier alpha value is -3.24. The van der Waals surface area contributed by atoms with Gasteiger partial charge < -0.3 is 14.6 Å². The van der Waals surface area contributed by atoms with E-state index in [0.29, 0.717) is 61.8 Å². The molecule has 36 heavy (non-hydrogen) atoms. The topological polar surface area (TPSA) is 115 Å². The number of hydrogen-bond acceptors (Lipinski definition) is 7. The third kappa shape index (κ3) is 5.29. The highest BCUT2D eigenvalue weighted by Crippen LogP contribution is 2.33. The molecule has 1 aliphatic rings. The molecule has 1 N–H and O–H groups in total. The Morgan fingerprint density at radius 1 is 1.14 bits per heavy atom. The van der Waals surface area contributed by atoms with Crippen LogP contribution in [-0.4, -0.2) is 48.5 Å². The number of benzene rings is 1. The number of aryl methyl sites for hydroxylation is 3. The van der Waals surface area contributed by atoms with Crippen LogP contribution in [0.3, 0.4) is 0 Å². The number of nitrogens with zero attached hydrogens (tertiary/aromatic N) is 3. The molecule has 0 bridgehead atoms. The minimum atomic E-state index is -3.70. The van der Waals surface area contributed by atoms with Gasteiger partial charge in [-0.3, -0.25) is 9.78 Å². The number of rotatable bonds is 8. The summed E-state index contributed by atoms with van der Waals surface area (Å²) in [6.07, 6.45) is 1.12. The van der Waals surface area contributed by atoms with Crippen molar-refractivity contribution in [3.8, 4) is 5.75 Å². The van der Waals surface area contributed by atoms with Crippen LogP contribution >= 0.6 is 0 Å². The first-order valence-electron chi connectivity index (χ1n) is 12.1. The lowest BCUT2D eigenvalue weighted by molar-refractivity contribution is 0.0948. The van der Waals surface area contributed by atoms with Crippen LogP contribution in [0.25, 0.3) is 0 Å². The van der Waals surface area contributed by atoms with Crippen molar-refractivity contribution >= 4 is 15.9 Å². The predicted molar refractivity (Wildman–Crippen MR) is 134 cm³/mol. The van der Waals surface area contributed by atoms with Crippen LogP contribution in [0.15, 0.2) is 45.8 Å². The van der Waals surface area contributed by atoms with Gasteiger partial charge in [0.1, 0.15) is 16.3 Å². The summed E-state index contributed by atoms with van der Waals surface area (Å²) in [5.74, 6) is 0.793. The average molecular weight is 513 g/mol. The first-order valence-corrected chi connectivity index (χ1v) is 13.6. The van der Waals surface area contributed by atoms with Gasteiger partial charge in [0.15, 0.2) is 5.76 Å². The number of carbonyl (C=O) groups excluding carboxylic acids is 1. The van der Waals surface area contributed by atoms with Gasteiger partial charge in [-0.15, -0.1) is 0 Å². The maximum atomic E-state index is 13.2. The third-order valence-electron chi connectivity index (χ3n) is 6.43. The predicted octanol–water partition coefficient (Wildman–Crippen LogP) is 3.89. The van der Waals surface area contributed by atoms with E-state index in [9.17, 15) is 13.2 Å². The van der Waals surface area contributed by atoms with Crippen molar-refractivity contribution < 1.29 is 22.5 Å². The Bertz CT molecular complexity index is 1320. The van der Waals surface area contributed by atoms with Crippen LogP contribution in [0.1, 0.15) is 64.4 Å². The monoisotopic (exact) mass is 512 g/mol. The van der Waals surface area contributed by atoms with Crippen LogP contribution in [0.2, 0.25) is 0 Å². The molecular weight excluding hydrogens is 480 g/mol. The second-order valence-electron chi connectivity index (χ2n) is 8.94. The van der Waals surface area contributed by atoms with Crippen molar-refractivity contribution in [2.24, 2.45) is 0 Å². The van der Waals surface area contributed by atoms with Gasteiger partial charge in [0, 0.05) is 36.8 Å². The second-order valence-corrected chi connectivity index (χ2v) is 10.8. The third-order valence-corrected chi connectivity index (χ3v) is 8.57. The molecule has 9 nitrogen and oxygen atoms in total. The Morgan fingerprint density at radius 2 is 1.86 bits per heavy atom. The number of aromatic nitrogens is 2. The average Bonchev–Trinajstić information content (AvgIpc) is 3.22. The van der Waals surface area contributed by atoms with Gasteiger partial charge in [-0.1, -0.05) is 23.4 Å². The zero-order chi connectivity index (χ0) is 25.9. The lowest BCUT2D eigenvalue weighted by atomic mass is 9.90. The normalized spacial score (nSPS) is 15.1. The quantitative estimate of drug-likeness (QED) is 0.487. The van der Waals surface area contributed by atoms with Crippen LogP contribution in [0.5, 0.6) is 5.75 Å². The molecule has 0 atom stereocenters. The number of carbonyl (C=O) groups is 1. The van der Waals surface area contributed by atoms with Crippen molar-refractivity contribution in [3.63, 3.8) is 0 Å². The van der Waals surface area contributed by atoms with E-state index in [0.717, 1.165) is 17.0 Å². The van der Waals surface area contributed by atoms with Crippen molar-refractivity contribution in [3.05, 3.63) is 70.4 Å². The molecule has 0 unspecified atom stereocenters. The van der Waals surface area contributed by atoms with Gasteiger partial charge >= 0.3 is 0 Å². The van der Waals surface area contributed by atoms with Crippen LogP contribution in [-0.2, 0) is 16.6 Å². The Labute approximate surface area is 211 Å². The van der Waals surface area contributed by atoms with Crippen LogP contribution in [0.4, 0.5) is 0 Å². The van der Waals surface area contributed by atoms with E-state index in [4.69, 9.17) is 14.2 Å². The highest BCUT2D eigenvalue weighted by Gasteiger charge is 2.35. The summed E-state index contributed by atoms with van der Waals surface area (Å²) >= 11 is 0. The fourth-order valence-corrected chi connectivity index (χ4v) is 6.40. The number of amides is 1. The summed E-state index contributed by atoms with van der Waals surface area (Å²) in [5.41, 5.74) is 3.29. The molecule has 1 aliphatic heterocycles. The second kappa shape index (κ2) is 10.8. The molecule has 4 rings (SSSR count). The van der Waals surface area contributed by atoms with Crippen molar-refractivity contribution in [1.29, 1.82) is 0 Å². The van der Waals surface area contributed by atoms with Crippen molar-refractivity contribution in [2.45, 2.75) is 57.9 Å². The van der Waals surface area contributed by atoms with E-state index in [1.807, 2.05) is 44.2 Å². The highest BCUT2D eigenvalue weighted by atomic mass is 32.2. The molecule has 3 heterocycles. The first-order chi connectivity index (χ1) is 17.2. The molecule has 1 aromatic carbocycles. The number of ether oxygens (including phenoxy) is 1. The smallest absolute Gasteiger partial charge is 0.253 e. The van der Waals surface area contributed by atoms with Gasteiger partial charge in [-0.2, -0.15) is 4.31 Å². The molecular formula is C26H32N4O5S. The maximum absolute atomic E-state index is 13.2. The van der Waals surface area contributed by atoms with E-state index in [1.165, 1.54) is 4.31 Å². The van der Waals surface area contributed by atoms with E-state index >= 15 is 0 Å². The summed E-state index contributed by atoms with van der Waals surface area (Å²) in [6, 6.07) is 11.2. The SMILES string of the molecule is CCOc1ccccc1CNC(=O)c1ccc(C)nc1C1CCN(S(=O)(=O)c2c(C)noc2C)CC1. The summed E-state index contributed by atoms with van der Waals surface area (Å²) in [7, 11) is -3.70. The van der Waals surface area contributed by atoms with Crippen LogP contribution in [0, 0.1) is 20.8 Å². The number of piperidine rings is 1. The molecule has 1 amide bonds.